The van der Waals surface area contributed by atoms with Crippen LogP contribution in [0.2, 0.25) is 0 Å². The molecule has 0 radical (unpaired) electrons. The molecule has 1 heterocycles. The summed E-state index contributed by atoms with van der Waals surface area (Å²) >= 11 is 1.79. The summed E-state index contributed by atoms with van der Waals surface area (Å²) in [7, 11) is 1.95. The highest BCUT2D eigenvalue weighted by molar-refractivity contribution is 7.98. The van der Waals surface area contributed by atoms with Crippen molar-refractivity contribution >= 4 is 17.7 Å². The average Bonchev–Trinajstić information content (AvgIpc) is 2.90. The van der Waals surface area contributed by atoms with E-state index in [9.17, 15) is 4.79 Å². The van der Waals surface area contributed by atoms with E-state index in [-0.39, 0.29) is 5.91 Å². The van der Waals surface area contributed by atoms with Crippen LogP contribution in [-0.4, -0.2) is 34.0 Å². The summed E-state index contributed by atoms with van der Waals surface area (Å²) in [5, 5.41) is 2.93. The van der Waals surface area contributed by atoms with Gasteiger partial charge in [0.1, 0.15) is 5.82 Å². The largest absolute Gasteiger partial charge is 0.352 e. The predicted molar refractivity (Wildman–Crippen MR) is 84.0 cm³/mol. The smallest absolute Gasteiger partial charge is 0.251 e. The van der Waals surface area contributed by atoms with Gasteiger partial charge in [0, 0.05) is 37.1 Å². The van der Waals surface area contributed by atoms with E-state index in [0.717, 1.165) is 30.1 Å². The molecule has 0 bridgehead atoms. The van der Waals surface area contributed by atoms with Gasteiger partial charge in [0.2, 0.25) is 0 Å². The predicted octanol–water partition coefficient (Wildman–Crippen LogP) is 2.57. The fourth-order valence-electron chi connectivity index (χ4n) is 1.93. The molecule has 1 amide bonds. The van der Waals surface area contributed by atoms with Crippen LogP contribution in [0.15, 0.2) is 36.7 Å². The summed E-state index contributed by atoms with van der Waals surface area (Å²) in [5.74, 6) is 1.95. The van der Waals surface area contributed by atoms with Crippen LogP contribution >= 0.6 is 11.8 Å². The first-order chi connectivity index (χ1) is 9.72. The van der Waals surface area contributed by atoms with Gasteiger partial charge in [0.15, 0.2) is 0 Å². The van der Waals surface area contributed by atoms with E-state index in [1.54, 1.807) is 18.0 Å². The normalized spacial score (nSPS) is 10.5. The van der Waals surface area contributed by atoms with Crippen LogP contribution in [0.3, 0.4) is 0 Å². The quantitative estimate of drug-likeness (QED) is 0.831. The summed E-state index contributed by atoms with van der Waals surface area (Å²) < 4.78 is 1.96. The van der Waals surface area contributed by atoms with Crippen LogP contribution in [0.1, 0.15) is 16.8 Å². The number of imidazole rings is 1. The zero-order chi connectivity index (χ0) is 14.4. The van der Waals surface area contributed by atoms with E-state index < -0.39 is 0 Å². The van der Waals surface area contributed by atoms with Gasteiger partial charge in [-0.2, -0.15) is 11.8 Å². The van der Waals surface area contributed by atoms with Crippen LogP contribution in [0.4, 0.5) is 0 Å². The molecule has 2 rings (SSSR count). The van der Waals surface area contributed by atoms with Crippen LogP contribution < -0.4 is 5.32 Å². The second kappa shape index (κ2) is 7.14. The standard InChI is InChI=1S/C15H19N3OS/c1-18-10-9-16-14(18)12-4-6-13(7-5-12)15(19)17-8-3-11-20-2/h4-7,9-10H,3,8,11H2,1-2H3,(H,17,19). The first-order valence-corrected chi connectivity index (χ1v) is 7.96. The number of nitrogens with zero attached hydrogens (tertiary/aromatic N) is 2. The Morgan fingerprint density at radius 2 is 2.10 bits per heavy atom. The molecule has 0 saturated carbocycles. The van der Waals surface area contributed by atoms with Crippen molar-refractivity contribution in [2.24, 2.45) is 7.05 Å². The minimum Gasteiger partial charge on any atom is -0.352 e. The lowest BCUT2D eigenvalue weighted by atomic mass is 10.1. The van der Waals surface area contributed by atoms with Crippen molar-refractivity contribution in [1.29, 1.82) is 0 Å². The second-order valence-corrected chi connectivity index (χ2v) is 5.53. The van der Waals surface area contributed by atoms with E-state index in [4.69, 9.17) is 0 Å². The SMILES string of the molecule is CSCCCNC(=O)c1ccc(-c2nccn2C)cc1. The van der Waals surface area contributed by atoms with Crippen LogP contribution in [0.25, 0.3) is 11.4 Å². The number of benzene rings is 1. The van der Waals surface area contributed by atoms with E-state index in [1.165, 1.54) is 0 Å². The number of amides is 1. The molecule has 1 aromatic carbocycles. The Labute approximate surface area is 123 Å². The molecular weight excluding hydrogens is 270 g/mol. The van der Waals surface area contributed by atoms with Crippen molar-refractivity contribution in [2.75, 3.05) is 18.6 Å². The summed E-state index contributed by atoms with van der Waals surface area (Å²) in [6.45, 7) is 0.723. The number of carbonyl (C=O) groups is 1. The van der Waals surface area contributed by atoms with Crippen LogP contribution in [0, 0.1) is 0 Å². The zero-order valence-corrected chi connectivity index (χ0v) is 12.6. The number of nitrogens with one attached hydrogen (secondary N) is 1. The molecule has 106 valence electrons. The molecule has 2 aromatic rings. The van der Waals surface area contributed by atoms with Gasteiger partial charge in [-0.15, -0.1) is 0 Å². The molecule has 0 aliphatic carbocycles. The molecule has 0 aliphatic rings. The first-order valence-electron chi connectivity index (χ1n) is 6.57. The Kier molecular flexibility index (Phi) is 5.24. The Morgan fingerprint density at radius 3 is 2.70 bits per heavy atom. The second-order valence-electron chi connectivity index (χ2n) is 4.54. The van der Waals surface area contributed by atoms with E-state index in [2.05, 4.69) is 16.6 Å². The number of rotatable bonds is 6. The number of aryl methyl sites for hydroxylation is 1. The fraction of sp³-hybridized carbons (Fsp3) is 0.333. The molecule has 0 aliphatic heterocycles. The summed E-state index contributed by atoms with van der Waals surface area (Å²) in [6.07, 6.45) is 6.74. The summed E-state index contributed by atoms with van der Waals surface area (Å²) in [4.78, 5) is 16.2. The number of aromatic nitrogens is 2. The molecular formula is C15H19N3OS. The highest BCUT2D eigenvalue weighted by Gasteiger charge is 2.07. The number of thioether (sulfide) groups is 1. The third-order valence-corrected chi connectivity index (χ3v) is 3.73. The summed E-state index contributed by atoms with van der Waals surface area (Å²) in [6, 6.07) is 7.54. The topological polar surface area (TPSA) is 46.9 Å². The van der Waals surface area contributed by atoms with Gasteiger partial charge < -0.3 is 9.88 Å². The van der Waals surface area contributed by atoms with E-state index in [0.29, 0.717) is 5.56 Å². The van der Waals surface area contributed by atoms with Gasteiger partial charge in [-0.25, -0.2) is 4.98 Å². The molecule has 1 aromatic heterocycles. The maximum Gasteiger partial charge on any atom is 0.251 e. The fourth-order valence-corrected chi connectivity index (χ4v) is 2.37. The molecule has 0 spiro atoms. The van der Waals surface area contributed by atoms with Gasteiger partial charge >= 0.3 is 0 Å². The van der Waals surface area contributed by atoms with Crippen molar-refractivity contribution < 1.29 is 4.79 Å². The Morgan fingerprint density at radius 1 is 1.35 bits per heavy atom. The third-order valence-electron chi connectivity index (χ3n) is 3.04. The third kappa shape index (κ3) is 3.63. The molecule has 0 atom stereocenters. The van der Waals surface area contributed by atoms with Gasteiger partial charge in [-0.3, -0.25) is 4.79 Å². The van der Waals surface area contributed by atoms with Crippen molar-refractivity contribution in [1.82, 2.24) is 14.9 Å². The number of hydrogen-bond donors (Lipinski definition) is 1. The van der Waals surface area contributed by atoms with E-state index in [1.807, 2.05) is 42.1 Å². The van der Waals surface area contributed by atoms with Gasteiger partial charge in [0.05, 0.1) is 0 Å². The highest BCUT2D eigenvalue weighted by atomic mass is 32.2. The molecule has 4 nitrogen and oxygen atoms in total. The van der Waals surface area contributed by atoms with Gasteiger partial charge in [-0.1, -0.05) is 12.1 Å². The van der Waals surface area contributed by atoms with Crippen LogP contribution in [-0.2, 0) is 7.05 Å². The molecule has 20 heavy (non-hydrogen) atoms. The lowest BCUT2D eigenvalue weighted by Gasteiger charge is -2.06. The lowest BCUT2D eigenvalue weighted by Crippen LogP contribution is -2.24. The van der Waals surface area contributed by atoms with E-state index >= 15 is 0 Å². The maximum absolute atomic E-state index is 11.9. The zero-order valence-electron chi connectivity index (χ0n) is 11.8. The van der Waals surface area contributed by atoms with Crippen molar-refractivity contribution in [3.8, 4) is 11.4 Å². The minimum absolute atomic E-state index is 0.0162. The average molecular weight is 289 g/mol. The van der Waals surface area contributed by atoms with Gasteiger partial charge in [0.25, 0.3) is 5.91 Å². The number of hydrogen-bond acceptors (Lipinski definition) is 3. The Hall–Kier alpha value is -1.75. The molecule has 0 fully saturated rings. The van der Waals surface area contributed by atoms with Crippen molar-refractivity contribution in [3.63, 3.8) is 0 Å². The van der Waals surface area contributed by atoms with Crippen molar-refractivity contribution in [2.45, 2.75) is 6.42 Å². The molecule has 0 saturated heterocycles. The monoisotopic (exact) mass is 289 g/mol. The summed E-state index contributed by atoms with van der Waals surface area (Å²) in [5.41, 5.74) is 1.70. The maximum atomic E-state index is 11.9. The van der Waals surface area contributed by atoms with Crippen molar-refractivity contribution in [3.05, 3.63) is 42.2 Å². The molecule has 1 N–H and O–H groups in total. The highest BCUT2D eigenvalue weighted by Crippen LogP contribution is 2.17. The first kappa shape index (κ1) is 14.7. The molecule has 0 unspecified atom stereocenters. The Balaban J connectivity index is 1.98. The minimum atomic E-state index is -0.0162. The van der Waals surface area contributed by atoms with Crippen LogP contribution in [0.5, 0.6) is 0 Å². The lowest BCUT2D eigenvalue weighted by molar-refractivity contribution is 0.0954. The Bertz CT molecular complexity index is 563. The number of carbonyl (C=O) groups excluding carboxylic acids is 1. The molecule has 5 heteroatoms. The van der Waals surface area contributed by atoms with Gasteiger partial charge in [-0.05, 0) is 30.6 Å².